The fourth-order valence-electron chi connectivity index (χ4n) is 0. The van der Waals surface area contributed by atoms with Gasteiger partial charge in [-0.15, -0.1) is 0 Å². The van der Waals surface area contributed by atoms with E-state index in [0.717, 1.165) is 0 Å². The van der Waals surface area contributed by atoms with Crippen molar-refractivity contribution >= 4 is 81.5 Å². The van der Waals surface area contributed by atoms with Crippen molar-refractivity contribution in [3.8, 4) is 0 Å². The molecule has 0 spiro atoms. The minimum absolute atomic E-state index is 0. The first-order valence-corrected chi connectivity index (χ1v) is 4.76. The van der Waals surface area contributed by atoms with Crippen molar-refractivity contribution in [3.63, 3.8) is 0 Å². The molecule has 0 aromatic rings. The molecule has 0 aromatic heterocycles. The Kier molecular flexibility index (Phi) is 11.9. The van der Waals surface area contributed by atoms with Crippen LogP contribution in [0.15, 0.2) is 0 Å². The van der Waals surface area contributed by atoms with Crippen molar-refractivity contribution in [1.82, 2.24) is 0 Å². The molecule has 0 saturated heterocycles. The van der Waals surface area contributed by atoms with Gasteiger partial charge in [-0.25, -0.2) is 9.59 Å². The van der Waals surface area contributed by atoms with Gasteiger partial charge in [-0.3, -0.25) is 0 Å². The summed E-state index contributed by atoms with van der Waals surface area (Å²) in [5.41, 5.74) is 0. The predicted molar refractivity (Wildman–Crippen MR) is 55.9 cm³/mol. The van der Waals surface area contributed by atoms with Gasteiger partial charge in [0.15, 0.2) is 0 Å². The fraction of sp³-hybridized carbons (Fsp3) is 0.500. The third-order valence-corrected chi connectivity index (χ3v) is 1.46. The van der Waals surface area contributed by atoms with E-state index in [1.807, 2.05) is 0 Å². The molecule has 0 aliphatic rings. The summed E-state index contributed by atoms with van der Waals surface area (Å²) in [5, 5.41) is 15.7. The molecule has 0 rings (SSSR count). The van der Waals surface area contributed by atoms with Crippen molar-refractivity contribution in [3.05, 3.63) is 0 Å². The molecule has 0 unspecified atom stereocenters. The van der Waals surface area contributed by atoms with Crippen molar-refractivity contribution in [1.29, 1.82) is 0 Å². The maximum Gasteiger partial charge on any atom is 0.356 e. The molecular weight excluding hydrogens is 381 g/mol. The van der Waals surface area contributed by atoms with Crippen LogP contribution in [0.25, 0.3) is 0 Å². The van der Waals surface area contributed by atoms with Gasteiger partial charge in [-0.1, -0.05) is 69.6 Å². The van der Waals surface area contributed by atoms with Crippen LogP contribution in [0.1, 0.15) is 0 Å². The van der Waals surface area contributed by atoms with Crippen molar-refractivity contribution in [2.24, 2.45) is 0 Å². The number of halogens is 6. The van der Waals surface area contributed by atoms with Crippen LogP contribution in [0.5, 0.6) is 0 Å². The van der Waals surface area contributed by atoms with Crippen LogP contribution in [0.2, 0.25) is 0 Å². The average molecular weight is 383 g/mol. The predicted octanol–water partition coefficient (Wildman–Crippen LogP) is 2.88. The molecule has 4 nitrogen and oxygen atoms in total. The van der Waals surface area contributed by atoms with Gasteiger partial charge in [0.25, 0.3) is 7.59 Å². The van der Waals surface area contributed by atoms with Gasteiger partial charge >= 0.3 is 11.9 Å². The molecule has 11 heteroatoms. The minimum atomic E-state index is -2.17. The van der Waals surface area contributed by atoms with Crippen LogP contribution in [0, 0.1) is 0 Å². The van der Waals surface area contributed by atoms with Crippen LogP contribution in [0.4, 0.5) is 0 Å². The summed E-state index contributed by atoms with van der Waals surface area (Å²) in [6.07, 6.45) is 0. The van der Waals surface area contributed by atoms with E-state index < -0.39 is 19.5 Å². The van der Waals surface area contributed by atoms with Crippen LogP contribution in [-0.4, -0.2) is 29.7 Å². The maximum absolute atomic E-state index is 9.62. The molecule has 0 heterocycles. The summed E-state index contributed by atoms with van der Waals surface area (Å²) in [6.45, 7) is 0. The summed E-state index contributed by atoms with van der Waals surface area (Å²) in [6, 6.07) is 0. The third-order valence-electron chi connectivity index (χ3n) is 0.485. The van der Waals surface area contributed by atoms with E-state index in [9.17, 15) is 9.59 Å². The van der Waals surface area contributed by atoms with Gasteiger partial charge in [0.1, 0.15) is 0 Å². The first-order chi connectivity index (χ1) is 5.89. The van der Waals surface area contributed by atoms with E-state index in [-0.39, 0.29) is 17.1 Å². The number of hydrogen-bond acceptors (Lipinski definition) is 2. The summed E-state index contributed by atoms with van der Waals surface area (Å²) < 4.78 is -4.33. The molecule has 0 aliphatic carbocycles. The number of carbonyl (C=O) groups is 2. The largest absolute Gasteiger partial charge is 0.478 e. The summed E-state index contributed by atoms with van der Waals surface area (Å²) >= 11 is 28.8. The molecule has 2 N–H and O–H groups in total. The monoisotopic (exact) mass is 380 g/mol. The standard InChI is InChI=1S/2C2HCl3O2.Fe/c2*3-2(4,5)1(6)7;/h2*(H,6,7);. The first kappa shape index (κ1) is 21.5. The van der Waals surface area contributed by atoms with E-state index in [2.05, 4.69) is 0 Å². The summed E-state index contributed by atoms with van der Waals surface area (Å²) in [5.74, 6) is -2.92. The van der Waals surface area contributed by atoms with E-state index >= 15 is 0 Å². The Balaban J connectivity index is -0.000000180. The van der Waals surface area contributed by atoms with Gasteiger partial charge in [0.05, 0.1) is 0 Å². The molecule has 0 fully saturated rings. The molecular formula is C4H2Cl6FeO4. The molecule has 0 aliphatic heterocycles. The molecule has 15 heavy (non-hydrogen) atoms. The number of alkyl halides is 6. The Bertz CT molecular complexity index is 196. The fourth-order valence-corrected chi connectivity index (χ4v) is 0. The second-order valence-corrected chi connectivity index (χ2v) is 6.17. The topological polar surface area (TPSA) is 74.6 Å². The smallest absolute Gasteiger partial charge is 0.356 e. The summed E-state index contributed by atoms with van der Waals surface area (Å²) in [7, 11) is 0. The van der Waals surface area contributed by atoms with Gasteiger partial charge in [-0.2, -0.15) is 0 Å². The molecule has 0 aromatic carbocycles. The van der Waals surface area contributed by atoms with Crippen LogP contribution < -0.4 is 0 Å². The number of rotatable bonds is 0. The van der Waals surface area contributed by atoms with Crippen LogP contribution in [-0.2, 0) is 26.7 Å². The molecule has 0 atom stereocenters. The second-order valence-electron chi connectivity index (χ2n) is 1.61. The van der Waals surface area contributed by atoms with E-state index in [1.165, 1.54) is 0 Å². The normalized spacial score (nSPS) is 10.5. The number of carboxylic acids is 2. The average Bonchev–Trinajstić information content (AvgIpc) is 1.83. The molecule has 0 radical (unpaired) electrons. The maximum atomic E-state index is 9.62. The SMILES string of the molecule is O=C(O)C(Cl)(Cl)Cl.O=C(O)C(Cl)(Cl)Cl.[Fe]. The van der Waals surface area contributed by atoms with Gasteiger partial charge < -0.3 is 10.2 Å². The van der Waals surface area contributed by atoms with E-state index in [1.54, 1.807) is 0 Å². The minimum Gasteiger partial charge on any atom is -0.478 e. The number of hydrogen-bond donors (Lipinski definition) is 2. The number of aliphatic carboxylic acids is 2. The van der Waals surface area contributed by atoms with Gasteiger partial charge in [0, 0.05) is 17.1 Å². The molecule has 0 bridgehead atoms. The van der Waals surface area contributed by atoms with E-state index in [0.29, 0.717) is 0 Å². The molecule has 92 valence electrons. The van der Waals surface area contributed by atoms with Crippen LogP contribution in [0.3, 0.4) is 0 Å². The zero-order valence-corrected chi connectivity index (χ0v) is 12.0. The Morgan fingerprint density at radius 2 is 0.800 bits per heavy atom. The van der Waals surface area contributed by atoms with E-state index in [4.69, 9.17) is 79.8 Å². The van der Waals surface area contributed by atoms with Crippen LogP contribution >= 0.6 is 69.6 Å². The van der Waals surface area contributed by atoms with Crippen molar-refractivity contribution in [2.45, 2.75) is 7.59 Å². The Morgan fingerprint density at radius 3 is 0.800 bits per heavy atom. The van der Waals surface area contributed by atoms with Gasteiger partial charge in [0.2, 0.25) is 0 Å². The third kappa shape index (κ3) is 15.2. The number of carboxylic acid groups (broad SMARTS) is 2. The first-order valence-electron chi connectivity index (χ1n) is 2.49. The zero-order valence-electron chi connectivity index (χ0n) is 6.33. The Hall–Kier alpha value is 1.20. The summed E-state index contributed by atoms with van der Waals surface area (Å²) in [4.78, 5) is 19.2. The Morgan fingerprint density at radius 1 is 0.733 bits per heavy atom. The second kappa shape index (κ2) is 8.31. The zero-order chi connectivity index (χ0) is 12.2. The Labute approximate surface area is 125 Å². The van der Waals surface area contributed by atoms with Crippen molar-refractivity contribution in [2.75, 3.05) is 0 Å². The quantitative estimate of drug-likeness (QED) is 0.499. The molecule has 0 saturated carbocycles. The van der Waals surface area contributed by atoms with Gasteiger partial charge in [-0.05, 0) is 0 Å². The van der Waals surface area contributed by atoms with Crippen molar-refractivity contribution < 1.29 is 36.9 Å². The molecule has 0 amide bonds.